The smallest absolute Gasteiger partial charge is 0.323 e. The SMILES string of the molecule is NC(=O)N(c1ccc(Cl)cc1)c1cccnc1. The summed E-state index contributed by atoms with van der Waals surface area (Å²) < 4.78 is 0. The van der Waals surface area contributed by atoms with Crippen LogP contribution >= 0.6 is 11.6 Å². The lowest BCUT2D eigenvalue weighted by Gasteiger charge is -2.20. The van der Waals surface area contributed by atoms with Gasteiger partial charge in [-0.05, 0) is 36.4 Å². The summed E-state index contributed by atoms with van der Waals surface area (Å²) in [5, 5.41) is 0.601. The number of carbonyl (C=O) groups excluding carboxylic acids is 1. The fourth-order valence-electron chi connectivity index (χ4n) is 1.48. The van der Waals surface area contributed by atoms with Crippen molar-refractivity contribution in [2.45, 2.75) is 0 Å². The number of carbonyl (C=O) groups is 1. The van der Waals surface area contributed by atoms with E-state index in [0.717, 1.165) is 0 Å². The van der Waals surface area contributed by atoms with Crippen LogP contribution in [0.25, 0.3) is 0 Å². The van der Waals surface area contributed by atoms with Crippen LogP contribution in [0.15, 0.2) is 48.8 Å². The third-order valence-electron chi connectivity index (χ3n) is 2.21. The predicted molar refractivity (Wildman–Crippen MR) is 67.4 cm³/mol. The average Bonchev–Trinajstić information content (AvgIpc) is 2.33. The van der Waals surface area contributed by atoms with Crippen LogP contribution in [0.5, 0.6) is 0 Å². The highest BCUT2D eigenvalue weighted by Gasteiger charge is 2.14. The number of pyridine rings is 1. The highest BCUT2D eigenvalue weighted by molar-refractivity contribution is 6.30. The van der Waals surface area contributed by atoms with Crippen molar-refractivity contribution < 1.29 is 4.79 Å². The van der Waals surface area contributed by atoms with Crippen LogP contribution in [-0.4, -0.2) is 11.0 Å². The Labute approximate surface area is 104 Å². The molecule has 5 heteroatoms. The van der Waals surface area contributed by atoms with E-state index in [1.54, 1.807) is 48.8 Å². The molecule has 2 aromatic rings. The minimum atomic E-state index is -0.569. The van der Waals surface area contributed by atoms with Crippen LogP contribution < -0.4 is 10.6 Å². The molecule has 0 bridgehead atoms. The van der Waals surface area contributed by atoms with E-state index < -0.39 is 6.03 Å². The topological polar surface area (TPSA) is 59.2 Å². The molecular weight excluding hydrogens is 238 g/mol. The summed E-state index contributed by atoms with van der Waals surface area (Å²) >= 11 is 5.79. The van der Waals surface area contributed by atoms with Crippen LogP contribution in [0.2, 0.25) is 5.02 Å². The molecule has 0 unspecified atom stereocenters. The van der Waals surface area contributed by atoms with E-state index in [4.69, 9.17) is 17.3 Å². The van der Waals surface area contributed by atoms with Crippen LogP contribution in [0.3, 0.4) is 0 Å². The summed E-state index contributed by atoms with van der Waals surface area (Å²) in [5.74, 6) is 0. The van der Waals surface area contributed by atoms with Crippen LogP contribution in [0.1, 0.15) is 0 Å². The second-order valence-electron chi connectivity index (χ2n) is 3.36. The Bertz CT molecular complexity index is 513. The van der Waals surface area contributed by atoms with Crippen molar-refractivity contribution in [3.8, 4) is 0 Å². The van der Waals surface area contributed by atoms with Gasteiger partial charge in [-0.15, -0.1) is 0 Å². The van der Waals surface area contributed by atoms with Gasteiger partial charge in [0.1, 0.15) is 0 Å². The third kappa shape index (κ3) is 2.54. The van der Waals surface area contributed by atoms with E-state index in [1.807, 2.05) is 0 Å². The van der Waals surface area contributed by atoms with Crippen molar-refractivity contribution in [3.05, 3.63) is 53.8 Å². The highest BCUT2D eigenvalue weighted by Crippen LogP contribution is 2.25. The van der Waals surface area contributed by atoms with E-state index in [9.17, 15) is 4.79 Å². The predicted octanol–water partition coefficient (Wildman–Crippen LogP) is 2.95. The molecule has 0 saturated carbocycles. The molecule has 2 rings (SSSR count). The highest BCUT2D eigenvalue weighted by atomic mass is 35.5. The number of hydrogen-bond acceptors (Lipinski definition) is 2. The minimum absolute atomic E-state index is 0.569. The standard InChI is InChI=1S/C12H10ClN3O/c13-9-3-5-10(6-4-9)16(12(14)17)11-2-1-7-15-8-11/h1-8H,(H2,14,17). The Balaban J connectivity index is 2.43. The van der Waals surface area contributed by atoms with Crippen LogP contribution in [-0.2, 0) is 0 Å². The van der Waals surface area contributed by atoms with Gasteiger partial charge in [-0.3, -0.25) is 9.88 Å². The molecular formula is C12H10ClN3O. The van der Waals surface area contributed by atoms with Gasteiger partial charge in [0.05, 0.1) is 17.6 Å². The van der Waals surface area contributed by atoms with Gasteiger partial charge in [-0.25, -0.2) is 4.79 Å². The van der Waals surface area contributed by atoms with Crippen molar-refractivity contribution >= 4 is 29.0 Å². The largest absolute Gasteiger partial charge is 0.351 e. The Kier molecular flexibility index (Phi) is 3.25. The Hall–Kier alpha value is -2.07. The maximum absolute atomic E-state index is 11.5. The molecule has 1 heterocycles. The third-order valence-corrected chi connectivity index (χ3v) is 2.46. The summed E-state index contributed by atoms with van der Waals surface area (Å²) in [4.78, 5) is 16.8. The Morgan fingerprint density at radius 3 is 2.41 bits per heavy atom. The van der Waals surface area contributed by atoms with Crippen molar-refractivity contribution in [2.75, 3.05) is 4.90 Å². The number of aromatic nitrogens is 1. The van der Waals surface area contributed by atoms with Gasteiger partial charge < -0.3 is 5.73 Å². The molecule has 2 N–H and O–H groups in total. The van der Waals surface area contributed by atoms with Gasteiger partial charge in [0.25, 0.3) is 0 Å². The van der Waals surface area contributed by atoms with Gasteiger partial charge in [-0.1, -0.05) is 11.6 Å². The lowest BCUT2D eigenvalue weighted by atomic mass is 10.2. The van der Waals surface area contributed by atoms with Gasteiger partial charge in [-0.2, -0.15) is 0 Å². The molecule has 0 aliphatic carbocycles. The van der Waals surface area contributed by atoms with Crippen molar-refractivity contribution in [1.29, 1.82) is 0 Å². The summed E-state index contributed by atoms with van der Waals surface area (Å²) in [6, 6.07) is 9.76. The van der Waals surface area contributed by atoms with Gasteiger partial charge in [0, 0.05) is 11.2 Å². The number of anilines is 2. The number of rotatable bonds is 2. The summed E-state index contributed by atoms with van der Waals surface area (Å²) in [6.07, 6.45) is 3.20. The molecule has 0 saturated heterocycles. The first-order valence-corrected chi connectivity index (χ1v) is 5.31. The van der Waals surface area contributed by atoms with Crippen molar-refractivity contribution in [2.24, 2.45) is 5.73 Å². The van der Waals surface area contributed by atoms with Crippen LogP contribution in [0, 0.1) is 0 Å². The fourth-order valence-corrected chi connectivity index (χ4v) is 1.61. The molecule has 0 fully saturated rings. The molecule has 0 atom stereocenters. The van der Waals surface area contributed by atoms with Gasteiger partial charge in [0.2, 0.25) is 0 Å². The quantitative estimate of drug-likeness (QED) is 0.887. The number of urea groups is 1. The van der Waals surface area contributed by atoms with Gasteiger partial charge in [0.15, 0.2) is 0 Å². The molecule has 17 heavy (non-hydrogen) atoms. The molecule has 86 valence electrons. The number of hydrogen-bond donors (Lipinski definition) is 1. The van der Waals surface area contributed by atoms with Crippen LogP contribution in [0.4, 0.5) is 16.2 Å². The molecule has 4 nitrogen and oxygen atoms in total. The van der Waals surface area contributed by atoms with Crippen molar-refractivity contribution in [3.63, 3.8) is 0 Å². The molecule has 0 spiro atoms. The molecule has 0 aliphatic heterocycles. The first kappa shape index (κ1) is 11.4. The van der Waals surface area contributed by atoms with Gasteiger partial charge >= 0.3 is 6.03 Å². The maximum atomic E-state index is 11.5. The normalized spacial score (nSPS) is 9.94. The average molecular weight is 248 g/mol. The first-order chi connectivity index (χ1) is 8.18. The number of primary amides is 1. The van der Waals surface area contributed by atoms with E-state index in [-0.39, 0.29) is 0 Å². The lowest BCUT2D eigenvalue weighted by molar-refractivity contribution is 0.256. The second kappa shape index (κ2) is 4.84. The summed E-state index contributed by atoms with van der Waals surface area (Å²) in [6.45, 7) is 0. The Morgan fingerprint density at radius 1 is 1.18 bits per heavy atom. The number of amides is 2. The van der Waals surface area contributed by atoms with E-state index in [0.29, 0.717) is 16.4 Å². The number of benzene rings is 1. The summed E-state index contributed by atoms with van der Waals surface area (Å²) in [7, 11) is 0. The maximum Gasteiger partial charge on any atom is 0.323 e. The first-order valence-electron chi connectivity index (χ1n) is 4.93. The molecule has 2 amide bonds. The minimum Gasteiger partial charge on any atom is -0.351 e. The molecule has 1 aromatic heterocycles. The summed E-state index contributed by atoms with van der Waals surface area (Å²) in [5.41, 5.74) is 6.63. The second-order valence-corrected chi connectivity index (χ2v) is 3.80. The molecule has 0 radical (unpaired) electrons. The zero-order valence-corrected chi connectivity index (χ0v) is 9.63. The zero-order chi connectivity index (χ0) is 12.3. The zero-order valence-electron chi connectivity index (χ0n) is 8.88. The number of nitrogens with two attached hydrogens (primary N) is 1. The number of nitrogens with zero attached hydrogens (tertiary/aromatic N) is 2. The lowest BCUT2D eigenvalue weighted by Crippen LogP contribution is -2.31. The molecule has 0 aliphatic rings. The van der Waals surface area contributed by atoms with Crippen molar-refractivity contribution in [1.82, 2.24) is 4.98 Å². The van der Waals surface area contributed by atoms with E-state index >= 15 is 0 Å². The molecule has 1 aromatic carbocycles. The van der Waals surface area contributed by atoms with E-state index in [2.05, 4.69) is 4.98 Å². The monoisotopic (exact) mass is 247 g/mol. The van der Waals surface area contributed by atoms with E-state index in [1.165, 1.54) is 4.90 Å². The fraction of sp³-hybridized carbons (Fsp3) is 0. The number of halogens is 1. The Morgan fingerprint density at radius 2 is 1.88 bits per heavy atom.